The molecule has 0 saturated heterocycles. The molecule has 0 radical (unpaired) electrons. The van der Waals surface area contributed by atoms with E-state index in [0.717, 1.165) is 0 Å². The van der Waals surface area contributed by atoms with Crippen molar-refractivity contribution in [1.82, 2.24) is 10.2 Å². The van der Waals surface area contributed by atoms with E-state index >= 15 is 0 Å². The number of carbonyl (C=O) groups is 1. The van der Waals surface area contributed by atoms with Gasteiger partial charge in [0.15, 0.2) is 23.3 Å². The van der Waals surface area contributed by atoms with Crippen LogP contribution in [0.5, 0.6) is 0 Å². The average Bonchev–Trinajstić information content (AvgIpc) is 2.93. The molecule has 0 saturated carbocycles. The summed E-state index contributed by atoms with van der Waals surface area (Å²) >= 11 is 0. The molecule has 0 aliphatic rings. The lowest BCUT2D eigenvalue weighted by molar-refractivity contribution is -0.143. The lowest BCUT2D eigenvalue weighted by Gasteiger charge is -2.13. The molecular weight excluding hydrogens is 401 g/mol. The maximum absolute atomic E-state index is 14.1. The van der Waals surface area contributed by atoms with Gasteiger partial charge in [-0.2, -0.15) is 23.5 Å². The van der Waals surface area contributed by atoms with Crippen molar-refractivity contribution in [2.24, 2.45) is 0 Å². The highest BCUT2D eigenvalue weighted by Gasteiger charge is 2.43. The van der Waals surface area contributed by atoms with Gasteiger partial charge in [-0.05, 0) is 13.8 Å². The van der Waals surface area contributed by atoms with Crippen molar-refractivity contribution in [2.75, 3.05) is 5.32 Å². The van der Waals surface area contributed by atoms with Crippen molar-refractivity contribution in [3.63, 3.8) is 0 Å². The summed E-state index contributed by atoms with van der Waals surface area (Å²) in [6.45, 7) is 2.98. The van der Waals surface area contributed by atoms with E-state index in [0.29, 0.717) is 0 Å². The molecule has 0 fully saturated rings. The fourth-order valence-corrected chi connectivity index (χ4v) is 2.16. The SMILES string of the molecule is CC(C)OC(=O)Nc1[nH]nc(-c2c(F)c(F)c(C(F)(F)F)c(F)c2F)c1C#N. The number of hydrogen-bond acceptors (Lipinski definition) is 4. The lowest BCUT2D eigenvalue weighted by Crippen LogP contribution is -2.18. The summed E-state index contributed by atoms with van der Waals surface area (Å²) in [7, 11) is 0. The Morgan fingerprint density at radius 1 is 1.14 bits per heavy atom. The van der Waals surface area contributed by atoms with Gasteiger partial charge < -0.3 is 4.74 Å². The zero-order chi connectivity index (χ0) is 21.4. The van der Waals surface area contributed by atoms with Crippen LogP contribution in [0.2, 0.25) is 0 Å². The monoisotopic (exact) mass is 410 g/mol. The third kappa shape index (κ3) is 3.71. The number of aromatic nitrogens is 2. The number of nitriles is 1. The molecule has 2 rings (SSSR count). The second kappa shape index (κ2) is 7.37. The number of alkyl halides is 3. The highest BCUT2D eigenvalue weighted by Crippen LogP contribution is 2.40. The standard InChI is InChI=1S/C15H9F7N4O2/c1-4(2)28-14(27)24-13-5(3-23)12(25-26-13)6-8(16)10(18)7(15(20,21)22)11(19)9(6)17/h4H,1-2H3,(H2,24,25,26,27). The first-order valence-electron chi connectivity index (χ1n) is 7.29. The van der Waals surface area contributed by atoms with E-state index in [1.165, 1.54) is 19.9 Å². The molecule has 0 bridgehead atoms. The third-order valence-electron chi connectivity index (χ3n) is 3.23. The fourth-order valence-electron chi connectivity index (χ4n) is 2.16. The van der Waals surface area contributed by atoms with Gasteiger partial charge >= 0.3 is 12.3 Å². The summed E-state index contributed by atoms with van der Waals surface area (Å²) in [4.78, 5) is 11.6. The molecule has 6 nitrogen and oxygen atoms in total. The van der Waals surface area contributed by atoms with E-state index in [1.54, 1.807) is 0 Å². The number of halogens is 7. The Labute approximate surface area is 151 Å². The van der Waals surface area contributed by atoms with Crippen LogP contribution in [-0.4, -0.2) is 22.4 Å². The number of hydrogen-bond donors (Lipinski definition) is 2. The van der Waals surface area contributed by atoms with Crippen LogP contribution in [0.25, 0.3) is 11.3 Å². The number of ether oxygens (including phenoxy) is 1. The third-order valence-corrected chi connectivity index (χ3v) is 3.23. The molecule has 150 valence electrons. The number of carbonyl (C=O) groups excluding carboxylic acids is 1. The number of anilines is 1. The van der Waals surface area contributed by atoms with Crippen LogP contribution in [-0.2, 0) is 10.9 Å². The van der Waals surface area contributed by atoms with Crippen LogP contribution in [0.3, 0.4) is 0 Å². The first kappa shape index (κ1) is 21.0. The molecule has 0 aliphatic carbocycles. The first-order valence-corrected chi connectivity index (χ1v) is 7.29. The second-order valence-electron chi connectivity index (χ2n) is 5.52. The molecule has 13 heteroatoms. The minimum Gasteiger partial charge on any atom is -0.447 e. The molecule has 1 aromatic carbocycles. The highest BCUT2D eigenvalue weighted by atomic mass is 19.4. The molecule has 2 N–H and O–H groups in total. The second-order valence-corrected chi connectivity index (χ2v) is 5.52. The van der Waals surface area contributed by atoms with Crippen molar-refractivity contribution in [1.29, 1.82) is 5.26 Å². The molecule has 0 unspecified atom stereocenters. The predicted molar refractivity (Wildman–Crippen MR) is 78.8 cm³/mol. The fraction of sp³-hybridized carbons (Fsp3) is 0.267. The van der Waals surface area contributed by atoms with Crippen LogP contribution in [0.1, 0.15) is 25.0 Å². The summed E-state index contributed by atoms with van der Waals surface area (Å²) in [6, 6.07) is 1.38. The maximum Gasteiger partial charge on any atom is 0.422 e. The Morgan fingerprint density at radius 2 is 1.68 bits per heavy atom. The van der Waals surface area contributed by atoms with Gasteiger partial charge in [-0.25, -0.2) is 22.4 Å². The Morgan fingerprint density at radius 3 is 2.11 bits per heavy atom. The Balaban J connectivity index is 2.64. The van der Waals surface area contributed by atoms with E-state index in [-0.39, 0.29) is 0 Å². The molecule has 0 spiro atoms. The molecule has 1 heterocycles. The topological polar surface area (TPSA) is 90.8 Å². The number of amides is 1. The molecule has 0 atom stereocenters. The predicted octanol–water partition coefficient (Wildman–Crippen LogP) is 4.48. The zero-order valence-electron chi connectivity index (χ0n) is 13.9. The summed E-state index contributed by atoms with van der Waals surface area (Å²) < 4.78 is 98.4. The number of nitrogens with one attached hydrogen (secondary N) is 2. The van der Waals surface area contributed by atoms with Crippen molar-refractivity contribution in [3.8, 4) is 17.3 Å². The van der Waals surface area contributed by atoms with Gasteiger partial charge in [0, 0.05) is 0 Å². The van der Waals surface area contributed by atoms with Gasteiger partial charge in [0.25, 0.3) is 0 Å². The van der Waals surface area contributed by atoms with Crippen LogP contribution in [0.15, 0.2) is 0 Å². The molecule has 28 heavy (non-hydrogen) atoms. The number of benzene rings is 1. The maximum atomic E-state index is 14.1. The quantitative estimate of drug-likeness (QED) is 0.577. The minimum absolute atomic E-state index is 0.553. The summed E-state index contributed by atoms with van der Waals surface area (Å²) in [6.07, 6.45) is -7.40. The largest absolute Gasteiger partial charge is 0.447 e. The number of rotatable bonds is 3. The van der Waals surface area contributed by atoms with Crippen molar-refractivity contribution in [3.05, 3.63) is 34.4 Å². The number of nitrogens with zero attached hydrogens (tertiary/aromatic N) is 2. The molecule has 0 aliphatic heterocycles. The zero-order valence-corrected chi connectivity index (χ0v) is 13.9. The van der Waals surface area contributed by atoms with Crippen molar-refractivity contribution < 1.29 is 40.3 Å². The summed E-state index contributed by atoms with van der Waals surface area (Å²) in [5.74, 6) is -10.8. The van der Waals surface area contributed by atoms with E-state index in [4.69, 9.17) is 10.00 Å². The summed E-state index contributed by atoms with van der Waals surface area (Å²) in [5.41, 5.74) is -6.26. The van der Waals surface area contributed by atoms with Crippen LogP contribution >= 0.6 is 0 Å². The molecule has 1 amide bonds. The van der Waals surface area contributed by atoms with Crippen LogP contribution < -0.4 is 5.32 Å². The average molecular weight is 410 g/mol. The van der Waals surface area contributed by atoms with E-state index in [1.807, 2.05) is 10.4 Å². The van der Waals surface area contributed by atoms with Gasteiger partial charge in [0.2, 0.25) is 0 Å². The van der Waals surface area contributed by atoms with E-state index < -0.39 is 69.8 Å². The van der Waals surface area contributed by atoms with Gasteiger partial charge in [-0.3, -0.25) is 10.4 Å². The Hall–Kier alpha value is -3.30. The van der Waals surface area contributed by atoms with E-state index in [9.17, 15) is 35.5 Å². The molecule has 1 aromatic heterocycles. The number of aromatic amines is 1. The smallest absolute Gasteiger partial charge is 0.422 e. The van der Waals surface area contributed by atoms with E-state index in [2.05, 4.69) is 5.10 Å². The van der Waals surface area contributed by atoms with Crippen molar-refractivity contribution in [2.45, 2.75) is 26.1 Å². The Kier molecular flexibility index (Phi) is 5.53. The Bertz CT molecular complexity index is 947. The first-order chi connectivity index (χ1) is 12.9. The van der Waals surface area contributed by atoms with Gasteiger partial charge in [-0.1, -0.05) is 0 Å². The molecular formula is C15H9F7N4O2. The highest BCUT2D eigenvalue weighted by molar-refractivity contribution is 5.87. The van der Waals surface area contributed by atoms with Crippen LogP contribution in [0, 0.1) is 34.6 Å². The molecule has 2 aromatic rings. The number of H-pyrrole nitrogens is 1. The van der Waals surface area contributed by atoms with Gasteiger partial charge in [0.1, 0.15) is 28.7 Å². The van der Waals surface area contributed by atoms with Crippen molar-refractivity contribution >= 4 is 11.9 Å². The van der Waals surface area contributed by atoms with Gasteiger partial charge in [0.05, 0.1) is 11.7 Å². The minimum atomic E-state index is -5.72. The van der Waals surface area contributed by atoms with Crippen LogP contribution in [0.4, 0.5) is 41.3 Å². The normalized spacial score (nSPS) is 11.5. The summed E-state index contributed by atoms with van der Waals surface area (Å²) in [5, 5.41) is 16.4. The lowest BCUT2D eigenvalue weighted by atomic mass is 10.0. The van der Waals surface area contributed by atoms with Gasteiger partial charge in [-0.15, -0.1) is 0 Å².